The predicted octanol–water partition coefficient (Wildman–Crippen LogP) is 2.12. The van der Waals surface area contributed by atoms with Crippen molar-refractivity contribution in [3.63, 3.8) is 0 Å². The fraction of sp³-hybridized carbons (Fsp3) is 0.462. The molecule has 1 unspecified atom stereocenters. The summed E-state index contributed by atoms with van der Waals surface area (Å²) in [6, 6.07) is 1.66. The van der Waals surface area contributed by atoms with Crippen molar-refractivity contribution < 1.29 is 18.7 Å². The van der Waals surface area contributed by atoms with E-state index in [1.54, 1.807) is 0 Å². The van der Waals surface area contributed by atoms with Gasteiger partial charge >= 0.3 is 0 Å². The summed E-state index contributed by atoms with van der Waals surface area (Å²) in [6.07, 6.45) is 2.27. The predicted molar refractivity (Wildman–Crippen MR) is 72.4 cm³/mol. The maximum absolute atomic E-state index is 13.5. The van der Waals surface area contributed by atoms with Gasteiger partial charge in [-0.2, -0.15) is 11.8 Å². The van der Waals surface area contributed by atoms with Crippen molar-refractivity contribution in [2.75, 3.05) is 18.6 Å². The molecule has 0 radical (unpaired) electrons. The molecule has 0 aliphatic heterocycles. The molecular formula is C13H17F2NO2S. The number of rotatable bonds is 6. The lowest BCUT2D eigenvalue weighted by molar-refractivity contribution is 0.0931. The van der Waals surface area contributed by atoms with Crippen LogP contribution in [0.1, 0.15) is 22.3 Å². The number of aliphatic hydroxyl groups is 1. The smallest absolute Gasteiger partial charge is 0.254 e. The Hall–Kier alpha value is -1.14. The van der Waals surface area contributed by atoms with Gasteiger partial charge in [-0.15, -0.1) is 0 Å². The molecule has 19 heavy (non-hydrogen) atoms. The van der Waals surface area contributed by atoms with Crippen LogP contribution in [0.2, 0.25) is 0 Å². The Morgan fingerprint density at radius 2 is 2.11 bits per heavy atom. The molecule has 3 nitrogen and oxygen atoms in total. The van der Waals surface area contributed by atoms with Gasteiger partial charge < -0.3 is 10.4 Å². The molecule has 0 saturated carbocycles. The summed E-state index contributed by atoms with van der Waals surface area (Å²) < 4.78 is 26.7. The van der Waals surface area contributed by atoms with Crippen molar-refractivity contribution in [3.8, 4) is 0 Å². The maximum atomic E-state index is 13.5. The summed E-state index contributed by atoms with van der Waals surface area (Å²) in [4.78, 5) is 11.9. The van der Waals surface area contributed by atoms with Crippen LogP contribution in [0.3, 0.4) is 0 Å². The molecular weight excluding hydrogens is 272 g/mol. The molecule has 0 heterocycles. The first kappa shape index (κ1) is 15.9. The molecule has 1 rings (SSSR count). The van der Waals surface area contributed by atoms with Crippen LogP contribution in [0, 0.1) is 18.6 Å². The third-order valence-electron chi connectivity index (χ3n) is 2.67. The molecule has 6 heteroatoms. The molecule has 0 fully saturated rings. The van der Waals surface area contributed by atoms with E-state index in [1.165, 1.54) is 24.8 Å². The summed E-state index contributed by atoms with van der Waals surface area (Å²) >= 11 is 1.52. The summed E-state index contributed by atoms with van der Waals surface area (Å²) in [5.74, 6) is -1.53. The van der Waals surface area contributed by atoms with Gasteiger partial charge in [0.15, 0.2) is 0 Å². The van der Waals surface area contributed by atoms with Crippen LogP contribution in [0.25, 0.3) is 0 Å². The Kier molecular flexibility index (Phi) is 6.24. The number of carbonyl (C=O) groups is 1. The molecule has 0 aromatic heterocycles. The lowest BCUT2D eigenvalue weighted by Crippen LogP contribution is -2.37. The first-order valence-electron chi connectivity index (χ1n) is 5.86. The first-order chi connectivity index (χ1) is 8.99. The average Bonchev–Trinajstić information content (AvgIpc) is 2.34. The van der Waals surface area contributed by atoms with Gasteiger partial charge in [0.1, 0.15) is 11.6 Å². The van der Waals surface area contributed by atoms with Crippen LogP contribution in [0.4, 0.5) is 8.78 Å². The van der Waals surface area contributed by atoms with Crippen molar-refractivity contribution >= 4 is 17.7 Å². The highest BCUT2D eigenvalue weighted by atomic mass is 32.2. The van der Waals surface area contributed by atoms with E-state index in [0.29, 0.717) is 18.2 Å². The Bertz CT molecular complexity index is 449. The summed E-state index contributed by atoms with van der Waals surface area (Å²) in [5.41, 5.74) is 0.0399. The molecule has 0 aliphatic carbocycles. The molecule has 0 saturated heterocycles. The Morgan fingerprint density at radius 1 is 1.42 bits per heavy atom. The zero-order valence-electron chi connectivity index (χ0n) is 10.9. The number of aliphatic hydroxyl groups excluding tert-OH is 1. The lowest BCUT2D eigenvalue weighted by atomic mass is 10.1. The van der Waals surface area contributed by atoms with E-state index in [0.717, 1.165) is 0 Å². The summed E-state index contributed by atoms with van der Waals surface area (Å²) in [5, 5.41) is 11.5. The molecule has 1 atom stereocenters. The standard InChI is InChI=1S/C13H17F2NO2S/c1-8-5-10(12(15)6-11(8)14)13(18)16-9(3-4-17)7-19-2/h5-6,9,17H,3-4,7H2,1-2H3,(H,16,18). The number of amides is 1. The third-order valence-corrected chi connectivity index (χ3v) is 3.41. The van der Waals surface area contributed by atoms with Crippen LogP contribution in [0.5, 0.6) is 0 Å². The zero-order valence-corrected chi connectivity index (χ0v) is 11.7. The SMILES string of the molecule is CSCC(CCO)NC(=O)c1cc(C)c(F)cc1F. The molecule has 0 bridgehead atoms. The number of halogens is 2. The number of hydrogen-bond donors (Lipinski definition) is 2. The highest BCUT2D eigenvalue weighted by Gasteiger charge is 2.17. The molecule has 0 aliphatic rings. The van der Waals surface area contributed by atoms with E-state index in [-0.39, 0.29) is 23.8 Å². The number of benzene rings is 1. The fourth-order valence-corrected chi connectivity index (χ4v) is 2.30. The monoisotopic (exact) mass is 289 g/mol. The van der Waals surface area contributed by atoms with E-state index >= 15 is 0 Å². The van der Waals surface area contributed by atoms with Crippen molar-refractivity contribution in [3.05, 3.63) is 34.9 Å². The van der Waals surface area contributed by atoms with E-state index in [2.05, 4.69) is 5.32 Å². The Morgan fingerprint density at radius 3 is 2.68 bits per heavy atom. The quantitative estimate of drug-likeness (QED) is 0.843. The third kappa shape index (κ3) is 4.47. The van der Waals surface area contributed by atoms with E-state index in [4.69, 9.17) is 5.11 Å². The maximum Gasteiger partial charge on any atom is 0.254 e. The zero-order chi connectivity index (χ0) is 14.4. The normalized spacial score (nSPS) is 12.3. The summed E-state index contributed by atoms with van der Waals surface area (Å²) in [7, 11) is 0. The highest BCUT2D eigenvalue weighted by Crippen LogP contribution is 2.14. The van der Waals surface area contributed by atoms with Gasteiger partial charge in [0.05, 0.1) is 5.56 Å². The van der Waals surface area contributed by atoms with Crippen molar-refractivity contribution in [2.45, 2.75) is 19.4 Å². The second-order valence-corrected chi connectivity index (χ2v) is 5.13. The Labute approximate surface area is 115 Å². The van der Waals surface area contributed by atoms with Crippen LogP contribution in [-0.2, 0) is 0 Å². The van der Waals surface area contributed by atoms with Gasteiger partial charge in [-0.1, -0.05) is 0 Å². The molecule has 2 N–H and O–H groups in total. The van der Waals surface area contributed by atoms with Crippen LogP contribution in [0.15, 0.2) is 12.1 Å². The van der Waals surface area contributed by atoms with Crippen LogP contribution >= 0.6 is 11.8 Å². The van der Waals surface area contributed by atoms with Gasteiger partial charge in [0.25, 0.3) is 5.91 Å². The fourth-order valence-electron chi connectivity index (χ4n) is 1.65. The van der Waals surface area contributed by atoms with E-state index < -0.39 is 17.5 Å². The number of thioether (sulfide) groups is 1. The second kappa shape index (κ2) is 7.45. The highest BCUT2D eigenvalue weighted by molar-refractivity contribution is 7.98. The number of aryl methyl sites for hydroxylation is 1. The molecule has 0 spiro atoms. The molecule has 1 amide bonds. The van der Waals surface area contributed by atoms with Crippen molar-refractivity contribution in [1.82, 2.24) is 5.32 Å². The number of carbonyl (C=O) groups excluding carboxylic acids is 1. The minimum absolute atomic E-state index is 0.0591. The molecule has 1 aromatic rings. The minimum Gasteiger partial charge on any atom is -0.396 e. The van der Waals surface area contributed by atoms with E-state index in [1.807, 2.05) is 6.26 Å². The largest absolute Gasteiger partial charge is 0.396 e. The van der Waals surface area contributed by atoms with Gasteiger partial charge in [0.2, 0.25) is 0 Å². The molecule has 1 aromatic carbocycles. The van der Waals surface area contributed by atoms with Crippen molar-refractivity contribution in [2.24, 2.45) is 0 Å². The van der Waals surface area contributed by atoms with Gasteiger partial charge in [-0.3, -0.25) is 4.79 Å². The van der Waals surface area contributed by atoms with Gasteiger partial charge in [0, 0.05) is 24.5 Å². The minimum atomic E-state index is -0.882. The van der Waals surface area contributed by atoms with Crippen LogP contribution < -0.4 is 5.32 Å². The lowest BCUT2D eigenvalue weighted by Gasteiger charge is -2.17. The van der Waals surface area contributed by atoms with Gasteiger partial charge in [-0.05, 0) is 31.2 Å². The van der Waals surface area contributed by atoms with Crippen molar-refractivity contribution in [1.29, 1.82) is 0 Å². The average molecular weight is 289 g/mol. The Balaban J connectivity index is 2.84. The summed E-state index contributed by atoms with van der Waals surface area (Å²) in [6.45, 7) is 1.41. The van der Waals surface area contributed by atoms with Crippen LogP contribution in [-0.4, -0.2) is 35.7 Å². The molecule has 106 valence electrons. The number of hydrogen-bond acceptors (Lipinski definition) is 3. The first-order valence-corrected chi connectivity index (χ1v) is 7.25. The van der Waals surface area contributed by atoms with Gasteiger partial charge in [-0.25, -0.2) is 8.78 Å². The topological polar surface area (TPSA) is 49.3 Å². The number of nitrogens with one attached hydrogen (secondary N) is 1. The second-order valence-electron chi connectivity index (χ2n) is 4.22. The van der Waals surface area contributed by atoms with E-state index in [9.17, 15) is 13.6 Å².